The molecule has 1 fully saturated rings. The largest absolute Gasteiger partial charge is 0.494 e. The van der Waals surface area contributed by atoms with Crippen LogP contribution in [-0.4, -0.2) is 44.9 Å². The van der Waals surface area contributed by atoms with E-state index in [9.17, 15) is 17.6 Å². The molecule has 162 valence electrons. The number of sulfonamides is 1. The molecular formula is C22H27FN2O4S. The Kier molecular flexibility index (Phi) is 7.44. The molecule has 1 aliphatic heterocycles. The third-order valence-electron chi connectivity index (χ3n) is 5.22. The zero-order valence-corrected chi connectivity index (χ0v) is 17.8. The van der Waals surface area contributed by atoms with E-state index in [2.05, 4.69) is 5.32 Å². The van der Waals surface area contributed by atoms with Gasteiger partial charge in [0, 0.05) is 25.6 Å². The fraction of sp³-hybridized carbons (Fsp3) is 0.409. The quantitative estimate of drug-likeness (QED) is 0.693. The van der Waals surface area contributed by atoms with Gasteiger partial charge in [-0.3, -0.25) is 4.79 Å². The fourth-order valence-corrected chi connectivity index (χ4v) is 4.98. The molecule has 8 heteroatoms. The number of nitrogens with zero attached hydrogens (tertiary/aromatic N) is 1. The second-order valence-electron chi connectivity index (χ2n) is 7.25. The molecule has 2 aromatic rings. The van der Waals surface area contributed by atoms with Crippen LogP contribution in [0.1, 0.15) is 25.3 Å². The summed E-state index contributed by atoms with van der Waals surface area (Å²) in [5, 5.41) is 2.90. The number of hydrogen-bond donors (Lipinski definition) is 1. The first kappa shape index (κ1) is 22.2. The van der Waals surface area contributed by atoms with Crippen LogP contribution in [0.15, 0.2) is 53.4 Å². The number of piperidine rings is 1. The second kappa shape index (κ2) is 10.0. The van der Waals surface area contributed by atoms with Crippen molar-refractivity contribution < 1.29 is 22.3 Å². The number of rotatable bonds is 8. The number of halogens is 1. The maximum atomic E-state index is 12.9. The third-order valence-corrected chi connectivity index (χ3v) is 7.14. The molecule has 6 nitrogen and oxygen atoms in total. The summed E-state index contributed by atoms with van der Waals surface area (Å²) in [5.41, 5.74) is 0.952. The molecule has 0 bridgehead atoms. The van der Waals surface area contributed by atoms with Gasteiger partial charge < -0.3 is 10.1 Å². The molecule has 2 aromatic carbocycles. The van der Waals surface area contributed by atoms with Gasteiger partial charge in [0.15, 0.2) is 0 Å². The summed E-state index contributed by atoms with van der Waals surface area (Å²) in [7, 11) is -3.58. The van der Waals surface area contributed by atoms with Crippen LogP contribution in [0.25, 0.3) is 0 Å². The molecule has 3 rings (SSSR count). The van der Waals surface area contributed by atoms with Crippen molar-refractivity contribution in [1.29, 1.82) is 0 Å². The summed E-state index contributed by atoms with van der Waals surface area (Å²) in [5.74, 6) is 0.0856. The van der Waals surface area contributed by atoms with Gasteiger partial charge >= 0.3 is 0 Å². The van der Waals surface area contributed by atoms with Crippen LogP contribution < -0.4 is 10.1 Å². The van der Waals surface area contributed by atoms with Gasteiger partial charge in [0.25, 0.3) is 0 Å². The van der Waals surface area contributed by atoms with Crippen LogP contribution in [0.3, 0.4) is 0 Å². The molecule has 0 saturated carbocycles. The summed E-state index contributed by atoms with van der Waals surface area (Å²) in [6, 6.07) is 12.6. The maximum Gasteiger partial charge on any atom is 0.243 e. The molecule has 0 unspecified atom stereocenters. The minimum Gasteiger partial charge on any atom is -0.494 e. The summed E-state index contributed by atoms with van der Waals surface area (Å²) in [6.07, 6.45) is 1.59. The Labute approximate surface area is 177 Å². The Balaban J connectivity index is 1.48. The number of nitrogens with one attached hydrogen (secondary N) is 1. The van der Waals surface area contributed by atoms with Gasteiger partial charge in [0.05, 0.1) is 11.5 Å². The van der Waals surface area contributed by atoms with Crippen LogP contribution in [0.4, 0.5) is 4.39 Å². The molecular weight excluding hydrogens is 407 g/mol. The number of benzene rings is 2. The number of ether oxygens (including phenoxy) is 1. The predicted octanol–water partition coefficient (Wildman–Crippen LogP) is 2.98. The van der Waals surface area contributed by atoms with E-state index in [1.165, 1.54) is 16.4 Å². The van der Waals surface area contributed by atoms with Crippen molar-refractivity contribution in [2.45, 2.75) is 31.1 Å². The van der Waals surface area contributed by atoms with Crippen molar-refractivity contribution in [3.8, 4) is 5.75 Å². The molecule has 1 amide bonds. The highest BCUT2D eigenvalue weighted by Gasteiger charge is 2.32. The van der Waals surface area contributed by atoms with Crippen molar-refractivity contribution in [2.75, 3.05) is 26.2 Å². The summed E-state index contributed by atoms with van der Waals surface area (Å²) >= 11 is 0. The summed E-state index contributed by atoms with van der Waals surface area (Å²) < 4.78 is 45.4. The van der Waals surface area contributed by atoms with Gasteiger partial charge in [-0.05, 0) is 68.1 Å². The first-order valence-electron chi connectivity index (χ1n) is 10.2. The first-order valence-corrected chi connectivity index (χ1v) is 11.6. The van der Waals surface area contributed by atoms with E-state index in [1.54, 1.807) is 36.4 Å². The van der Waals surface area contributed by atoms with E-state index in [0.29, 0.717) is 51.3 Å². The third kappa shape index (κ3) is 5.58. The standard InChI is InChI=1S/C22H27FN2O4S/c1-2-29-20-7-9-21(10-8-20)30(27,28)25-15-12-18(13-16-25)22(26)24-14-11-17-3-5-19(23)6-4-17/h3-10,18H,2,11-16H2,1H3,(H,24,26). The minimum absolute atomic E-state index is 0.0600. The maximum absolute atomic E-state index is 12.9. The highest BCUT2D eigenvalue weighted by atomic mass is 32.2. The van der Waals surface area contributed by atoms with Gasteiger partial charge in [-0.15, -0.1) is 0 Å². The number of amides is 1. The van der Waals surface area contributed by atoms with E-state index in [-0.39, 0.29) is 22.5 Å². The molecule has 1 aliphatic rings. The lowest BCUT2D eigenvalue weighted by Crippen LogP contribution is -2.43. The van der Waals surface area contributed by atoms with Crippen LogP contribution in [0.2, 0.25) is 0 Å². The lowest BCUT2D eigenvalue weighted by molar-refractivity contribution is -0.126. The highest BCUT2D eigenvalue weighted by molar-refractivity contribution is 7.89. The van der Waals surface area contributed by atoms with Gasteiger partial charge in [-0.1, -0.05) is 12.1 Å². The van der Waals surface area contributed by atoms with E-state index in [4.69, 9.17) is 4.74 Å². The Morgan fingerprint density at radius 1 is 1.10 bits per heavy atom. The molecule has 0 atom stereocenters. The van der Waals surface area contributed by atoms with E-state index >= 15 is 0 Å². The van der Waals surface area contributed by atoms with Crippen LogP contribution >= 0.6 is 0 Å². The lowest BCUT2D eigenvalue weighted by atomic mass is 9.97. The number of hydrogen-bond acceptors (Lipinski definition) is 4. The smallest absolute Gasteiger partial charge is 0.243 e. The monoisotopic (exact) mass is 434 g/mol. The molecule has 1 saturated heterocycles. The molecule has 1 heterocycles. The predicted molar refractivity (Wildman–Crippen MR) is 112 cm³/mol. The summed E-state index contributed by atoms with van der Waals surface area (Å²) in [4.78, 5) is 12.6. The van der Waals surface area contributed by atoms with Gasteiger partial charge in [0.2, 0.25) is 15.9 Å². The normalized spacial score (nSPS) is 15.7. The number of carbonyl (C=O) groups is 1. The zero-order valence-electron chi connectivity index (χ0n) is 17.0. The number of carbonyl (C=O) groups excluding carboxylic acids is 1. The topological polar surface area (TPSA) is 75.7 Å². The average molecular weight is 435 g/mol. The van der Waals surface area contributed by atoms with Gasteiger partial charge in [-0.25, -0.2) is 12.8 Å². The molecule has 1 N–H and O–H groups in total. The first-order chi connectivity index (χ1) is 14.4. The van der Waals surface area contributed by atoms with E-state index in [0.717, 1.165) is 5.56 Å². The molecule has 30 heavy (non-hydrogen) atoms. The minimum atomic E-state index is -3.58. The fourth-order valence-electron chi connectivity index (χ4n) is 3.51. The van der Waals surface area contributed by atoms with Gasteiger partial charge in [0.1, 0.15) is 11.6 Å². The van der Waals surface area contributed by atoms with Crippen molar-refractivity contribution in [2.24, 2.45) is 5.92 Å². The Morgan fingerprint density at radius 3 is 2.33 bits per heavy atom. The molecule has 0 aromatic heterocycles. The van der Waals surface area contributed by atoms with Crippen LogP contribution in [0.5, 0.6) is 5.75 Å². The van der Waals surface area contributed by atoms with Crippen molar-refractivity contribution >= 4 is 15.9 Å². The molecule has 0 aliphatic carbocycles. The summed E-state index contributed by atoms with van der Waals surface area (Å²) in [6.45, 7) is 3.48. The van der Waals surface area contributed by atoms with Gasteiger partial charge in [-0.2, -0.15) is 4.31 Å². The van der Waals surface area contributed by atoms with Crippen molar-refractivity contribution in [3.63, 3.8) is 0 Å². The molecule has 0 spiro atoms. The molecule has 0 radical (unpaired) electrons. The van der Waals surface area contributed by atoms with E-state index in [1.807, 2.05) is 6.92 Å². The lowest BCUT2D eigenvalue weighted by Gasteiger charge is -2.30. The van der Waals surface area contributed by atoms with Crippen LogP contribution in [0, 0.1) is 11.7 Å². The van der Waals surface area contributed by atoms with Crippen molar-refractivity contribution in [3.05, 3.63) is 59.9 Å². The van der Waals surface area contributed by atoms with Crippen molar-refractivity contribution in [1.82, 2.24) is 9.62 Å². The van der Waals surface area contributed by atoms with E-state index < -0.39 is 10.0 Å². The second-order valence-corrected chi connectivity index (χ2v) is 9.19. The van der Waals surface area contributed by atoms with Crippen LogP contribution in [-0.2, 0) is 21.2 Å². The average Bonchev–Trinajstić information content (AvgIpc) is 2.76. The zero-order chi connectivity index (χ0) is 21.6. The Hall–Kier alpha value is -2.45. The Morgan fingerprint density at radius 2 is 1.73 bits per heavy atom. The Bertz CT molecular complexity index is 938. The highest BCUT2D eigenvalue weighted by Crippen LogP contribution is 2.25. The SMILES string of the molecule is CCOc1ccc(S(=O)(=O)N2CCC(C(=O)NCCc3ccc(F)cc3)CC2)cc1.